The minimum Gasteiger partial charge on any atom is -0.485 e. The van der Waals surface area contributed by atoms with Crippen LogP contribution in [0.2, 0.25) is 0 Å². The van der Waals surface area contributed by atoms with E-state index in [9.17, 15) is 22.4 Å². The first-order valence-electron chi connectivity index (χ1n) is 5.96. The molecule has 2 nitrogen and oxygen atoms in total. The molecule has 0 aliphatic heterocycles. The molecule has 21 heavy (non-hydrogen) atoms. The maximum Gasteiger partial charge on any atom is 0.416 e. The van der Waals surface area contributed by atoms with Gasteiger partial charge in [-0.3, -0.25) is 4.79 Å². The van der Waals surface area contributed by atoms with Crippen LogP contribution in [-0.4, -0.2) is 12.4 Å². The summed E-state index contributed by atoms with van der Waals surface area (Å²) in [6.45, 7) is -0.539. The van der Waals surface area contributed by atoms with Gasteiger partial charge in [0.05, 0.1) is 11.1 Å². The van der Waals surface area contributed by atoms with Crippen LogP contribution in [0.5, 0.6) is 5.75 Å². The van der Waals surface area contributed by atoms with Gasteiger partial charge in [0, 0.05) is 0 Å². The van der Waals surface area contributed by atoms with E-state index in [1.165, 1.54) is 30.3 Å². The highest BCUT2D eigenvalue weighted by molar-refractivity contribution is 5.97. The Balaban J connectivity index is 2.07. The first kappa shape index (κ1) is 15.0. The molecule has 0 fully saturated rings. The second-order valence-electron chi connectivity index (χ2n) is 4.22. The molecule has 0 N–H and O–H groups in total. The van der Waals surface area contributed by atoms with Crippen LogP contribution in [0.4, 0.5) is 17.6 Å². The number of alkyl halides is 3. The molecule has 2 aromatic carbocycles. The summed E-state index contributed by atoms with van der Waals surface area (Å²) < 4.78 is 55.9. The second kappa shape index (κ2) is 5.95. The van der Waals surface area contributed by atoms with Crippen molar-refractivity contribution in [2.45, 2.75) is 6.18 Å². The second-order valence-corrected chi connectivity index (χ2v) is 4.22. The van der Waals surface area contributed by atoms with Crippen LogP contribution in [0, 0.1) is 5.82 Å². The van der Waals surface area contributed by atoms with Gasteiger partial charge < -0.3 is 4.74 Å². The Hall–Kier alpha value is -2.37. The van der Waals surface area contributed by atoms with Crippen LogP contribution in [0.25, 0.3) is 0 Å². The molecule has 6 heteroatoms. The minimum absolute atomic E-state index is 0.102. The zero-order valence-electron chi connectivity index (χ0n) is 10.7. The fourth-order valence-electron chi connectivity index (χ4n) is 1.68. The molecule has 0 bridgehead atoms. The molecule has 0 aliphatic carbocycles. The van der Waals surface area contributed by atoms with Crippen molar-refractivity contribution in [1.29, 1.82) is 0 Å². The summed E-state index contributed by atoms with van der Waals surface area (Å²) >= 11 is 0. The highest BCUT2D eigenvalue weighted by atomic mass is 19.4. The van der Waals surface area contributed by atoms with Crippen LogP contribution in [-0.2, 0) is 6.18 Å². The molecule has 0 spiro atoms. The molecule has 0 aromatic heterocycles. The number of benzene rings is 2. The summed E-state index contributed by atoms with van der Waals surface area (Å²) in [5.74, 6) is -1.45. The number of hydrogen-bond donors (Lipinski definition) is 0. The maximum absolute atomic E-state index is 13.4. The van der Waals surface area contributed by atoms with E-state index < -0.39 is 29.9 Å². The molecular weight excluding hydrogens is 288 g/mol. The number of ketones is 1. The number of carbonyl (C=O) groups is 1. The molecule has 0 saturated carbocycles. The lowest BCUT2D eigenvalue weighted by atomic mass is 10.1. The lowest BCUT2D eigenvalue weighted by Crippen LogP contribution is -2.13. The van der Waals surface area contributed by atoms with Crippen LogP contribution >= 0.6 is 0 Å². The summed E-state index contributed by atoms with van der Waals surface area (Å²) in [7, 11) is 0. The average Bonchev–Trinajstić information content (AvgIpc) is 2.45. The first-order valence-corrected chi connectivity index (χ1v) is 5.96. The first-order chi connectivity index (χ1) is 9.88. The fraction of sp³-hybridized carbons (Fsp3) is 0.133. The van der Waals surface area contributed by atoms with Gasteiger partial charge in [-0.05, 0) is 30.3 Å². The molecule has 0 unspecified atom stereocenters. The maximum atomic E-state index is 13.4. The van der Waals surface area contributed by atoms with Crippen molar-refractivity contribution in [3.8, 4) is 5.75 Å². The van der Waals surface area contributed by atoms with Gasteiger partial charge in [0.2, 0.25) is 5.78 Å². The predicted molar refractivity (Wildman–Crippen MR) is 67.7 cm³/mol. The molecule has 2 aromatic rings. The van der Waals surface area contributed by atoms with E-state index in [1.54, 1.807) is 0 Å². The fourth-order valence-corrected chi connectivity index (χ4v) is 1.68. The molecule has 2 rings (SSSR count). The molecule has 110 valence electrons. The molecule has 0 radical (unpaired) electrons. The quantitative estimate of drug-likeness (QED) is 0.627. The van der Waals surface area contributed by atoms with Crippen molar-refractivity contribution in [3.05, 3.63) is 65.5 Å². The van der Waals surface area contributed by atoms with Crippen molar-refractivity contribution in [2.75, 3.05) is 6.61 Å². The van der Waals surface area contributed by atoms with E-state index in [4.69, 9.17) is 4.74 Å². The van der Waals surface area contributed by atoms with Gasteiger partial charge >= 0.3 is 6.18 Å². The van der Waals surface area contributed by atoms with Crippen LogP contribution in [0.15, 0.2) is 48.5 Å². The Labute approximate surface area is 118 Å². The SMILES string of the molecule is O=C(COc1cccc(C(F)(F)F)c1)c1ccccc1F. The smallest absolute Gasteiger partial charge is 0.416 e. The largest absolute Gasteiger partial charge is 0.485 e. The van der Waals surface area contributed by atoms with E-state index in [0.717, 1.165) is 18.2 Å². The summed E-state index contributed by atoms with van der Waals surface area (Å²) in [5.41, 5.74) is -1.04. The summed E-state index contributed by atoms with van der Waals surface area (Å²) in [4.78, 5) is 11.7. The van der Waals surface area contributed by atoms with Crippen LogP contribution in [0.1, 0.15) is 15.9 Å². The van der Waals surface area contributed by atoms with E-state index in [1.807, 2.05) is 0 Å². The number of rotatable bonds is 4. The number of halogens is 4. The Morgan fingerprint density at radius 2 is 1.76 bits per heavy atom. The number of Topliss-reactive ketones (excluding diaryl/α,β-unsaturated/α-hetero) is 1. The average molecular weight is 298 g/mol. The topological polar surface area (TPSA) is 26.3 Å². The van der Waals surface area contributed by atoms with Gasteiger partial charge in [0.25, 0.3) is 0 Å². The lowest BCUT2D eigenvalue weighted by molar-refractivity contribution is -0.137. The molecule has 0 atom stereocenters. The van der Waals surface area contributed by atoms with E-state index in [-0.39, 0.29) is 11.3 Å². The normalized spacial score (nSPS) is 11.2. The van der Waals surface area contributed by atoms with E-state index in [2.05, 4.69) is 0 Å². The van der Waals surface area contributed by atoms with Crippen molar-refractivity contribution >= 4 is 5.78 Å². The Morgan fingerprint density at radius 3 is 2.43 bits per heavy atom. The monoisotopic (exact) mass is 298 g/mol. The Kier molecular flexibility index (Phi) is 4.26. The third kappa shape index (κ3) is 3.81. The third-order valence-corrected chi connectivity index (χ3v) is 2.71. The molecular formula is C15H10F4O2. The van der Waals surface area contributed by atoms with E-state index >= 15 is 0 Å². The summed E-state index contributed by atoms with van der Waals surface area (Å²) in [6, 6.07) is 9.47. The highest BCUT2D eigenvalue weighted by Crippen LogP contribution is 2.31. The molecule has 0 amide bonds. The number of ether oxygens (including phenoxy) is 1. The summed E-state index contributed by atoms with van der Waals surface area (Å²) in [5, 5.41) is 0. The van der Waals surface area contributed by atoms with Gasteiger partial charge in [-0.1, -0.05) is 18.2 Å². The highest BCUT2D eigenvalue weighted by Gasteiger charge is 2.30. The molecule has 0 aliphatic rings. The predicted octanol–water partition coefficient (Wildman–Crippen LogP) is 4.11. The third-order valence-electron chi connectivity index (χ3n) is 2.71. The number of carbonyl (C=O) groups excluding carboxylic acids is 1. The van der Waals surface area contributed by atoms with Gasteiger partial charge in [0.1, 0.15) is 11.6 Å². The molecule has 0 heterocycles. The molecule has 0 saturated heterocycles. The Morgan fingerprint density at radius 1 is 1.05 bits per heavy atom. The van der Waals surface area contributed by atoms with Crippen molar-refractivity contribution in [2.24, 2.45) is 0 Å². The van der Waals surface area contributed by atoms with Crippen molar-refractivity contribution in [3.63, 3.8) is 0 Å². The van der Waals surface area contributed by atoms with Gasteiger partial charge in [-0.2, -0.15) is 13.2 Å². The van der Waals surface area contributed by atoms with Gasteiger partial charge in [0.15, 0.2) is 6.61 Å². The zero-order valence-corrected chi connectivity index (χ0v) is 10.7. The minimum atomic E-state index is -4.49. The van der Waals surface area contributed by atoms with Crippen molar-refractivity contribution in [1.82, 2.24) is 0 Å². The summed E-state index contributed by atoms with van der Waals surface area (Å²) in [6.07, 6.45) is -4.49. The number of hydrogen-bond acceptors (Lipinski definition) is 2. The van der Waals surface area contributed by atoms with E-state index in [0.29, 0.717) is 0 Å². The van der Waals surface area contributed by atoms with Crippen LogP contribution in [0.3, 0.4) is 0 Å². The zero-order chi connectivity index (χ0) is 15.5. The van der Waals surface area contributed by atoms with Crippen molar-refractivity contribution < 1.29 is 27.1 Å². The Bertz CT molecular complexity index is 650. The lowest BCUT2D eigenvalue weighted by Gasteiger charge is -2.10. The van der Waals surface area contributed by atoms with Gasteiger partial charge in [-0.25, -0.2) is 4.39 Å². The standard InChI is InChI=1S/C15H10F4O2/c16-13-7-2-1-6-12(13)14(20)9-21-11-5-3-4-10(8-11)15(17,18)19/h1-8H,9H2. The van der Waals surface area contributed by atoms with Crippen LogP contribution < -0.4 is 4.74 Å². The van der Waals surface area contributed by atoms with Gasteiger partial charge in [-0.15, -0.1) is 0 Å².